The maximum Gasteiger partial charge on any atom is 0.254 e. The van der Waals surface area contributed by atoms with Gasteiger partial charge < -0.3 is 14.7 Å². The first-order valence-corrected chi connectivity index (χ1v) is 10.3. The molecule has 0 atom stereocenters. The third-order valence-corrected chi connectivity index (χ3v) is 6.34. The predicted molar refractivity (Wildman–Crippen MR) is 108 cm³/mol. The molecule has 1 aliphatic heterocycles. The molecular weight excluding hydrogens is 342 g/mol. The SMILES string of the molecule is Cc1ccc(CN(C(=O)c2ccc(N3CCN(C)CC3)cc2)C2CC2)s1. The van der Waals surface area contributed by atoms with Crippen LogP contribution in [-0.2, 0) is 6.54 Å². The minimum atomic E-state index is 0.170. The first kappa shape index (κ1) is 17.6. The van der Waals surface area contributed by atoms with Crippen molar-refractivity contribution in [1.82, 2.24) is 9.80 Å². The van der Waals surface area contributed by atoms with Crippen molar-refractivity contribution in [2.24, 2.45) is 0 Å². The highest BCUT2D eigenvalue weighted by Gasteiger charge is 2.33. The van der Waals surface area contributed by atoms with Crippen LogP contribution in [0.1, 0.15) is 33.0 Å². The van der Waals surface area contributed by atoms with Gasteiger partial charge in [0.25, 0.3) is 5.91 Å². The van der Waals surface area contributed by atoms with Crippen molar-refractivity contribution in [3.05, 3.63) is 51.7 Å². The number of benzene rings is 1. The normalized spacial score (nSPS) is 18.2. The van der Waals surface area contributed by atoms with Crippen molar-refractivity contribution in [2.75, 3.05) is 38.1 Å². The Bertz CT molecular complexity index is 758. The van der Waals surface area contributed by atoms with Gasteiger partial charge in [0, 0.05) is 53.2 Å². The molecule has 138 valence electrons. The largest absolute Gasteiger partial charge is 0.369 e. The molecular formula is C21H27N3OS. The summed E-state index contributed by atoms with van der Waals surface area (Å²) in [5, 5.41) is 0. The van der Waals surface area contributed by atoms with Crippen LogP contribution in [-0.4, -0.2) is 55.0 Å². The van der Waals surface area contributed by atoms with Gasteiger partial charge >= 0.3 is 0 Å². The zero-order valence-electron chi connectivity index (χ0n) is 15.6. The molecule has 1 aromatic heterocycles. The summed E-state index contributed by atoms with van der Waals surface area (Å²) >= 11 is 1.79. The van der Waals surface area contributed by atoms with Crippen molar-refractivity contribution in [1.29, 1.82) is 0 Å². The number of carbonyl (C=O) groups is 1. The maximum atomic E-state index is 13.1. The lowest BCUT2D eigenvalue weighted by molar-refractivity contribution is 0.0731. The molecule has 26 heavy (non-hydrogen) atoms. The number of likely N-dealkylation sites (N-methyl/N-ethyl adjacent to an activating group) is 1. The summed E-state index contributed by atoms with van der Waals surface area (Å²) in [6.45, 7) is 7.15. The highest BCUT2D eigenvalue weighted by atomic mass is 32.1. The second-order valence-electron chi connectivity index (χ2n) is 7.51. The monoisotopic (exact) mass is 369 g/mol. The Hall–Kier alpha value is -1.85. The summed E-state index contributed by atoms with van der Waals surface area (Å²) in [4.78, 5) is 22.5. The van der Waals surface area contributed by atoms with Crippen molar-refractivity contribution >= 4 is 22.9 Å². The number of rotatable bonds is 5. The Morgan fingerprint density at radius 1 is 1.08 bits per heavy atom. The van der Waals surface area contributed by atoms with Gasteiger partial charge in [-0.25, -0.2) is 0 Å². The van der Waals surface area contributed by atoms with E-state index in [4.69, 9.17) is 0 Å². The number of carbonyl (C=O) groups excluding carboxylic acids is 1. The highest BCUT2D eigenvalue weighted by Crippen LogP contribution is 2.31. The molecule has 1 saturated heterocycles. The molecule has 1 amide bonds. The van der Waals surface area contributed by atoms with Gasteiger partial charge in [0.2, 0.25) is 0 Å². The first-order chi connectivity index (χ1) is 12.6. The summed E-state index contributed by atoms with van der Waals surface area (Å²) in [5.74, 6) is 0.170. The maximum absolute atomic E-state index is 13.1. The number of hydrogen-bond acceptors (Lipinski definition) is 4. The van der Waals surface area contributed by atoms with E-state index < -0.39 is 0 Å². The van der Waals surface area contributed by atoms with Crippen molar-refractivity contribution in [3.63, 3.8) is 0 Å². The fourth-order valence-electron chi connectivity index (χ4n) is 3.54. The second-order valence-corrected chi connectivity index (χ2v) is 8.89. The number of aryl methyl sites for hydroxylation is 1. The third kappa shape index (κ3) is 3.94. The van der Waals surface area contributed by atoms with E-state index in [1.54, 1.807) is 11.3 Å². The van der Waals surface area contributed by atoms with Gasteiger partial charge in [-0.15, -0.1) is 11.3 Å². The van der Waals surface area contributed by atoms with E-state index >= 15 is 0 Å². The minimum absolute atomic E-state index is 0.170. The predicted octanol–water partition coefficient (Wildman–Crippen LogP) is 3.61. The van der Waals surface area contributed by atoms with Gasteiger partial charge in [-0.3, -0.25) is 4.79 Å². The van der Waals surface area contributed by atoms with Gasteiger partial charge in [-0.1, -0.05) is 0 Å². The van der Waals surface area contributed by atoms with Crippen molar-refractivity contribution in [3.8, 4) is 0 Å². The molecule has 0 spiro atoms. The van der Waals surface area contributed by atoms with Gasteiger partial charge in [0.1, 0.15) is 0 Å². The van der Waals surface area contributed by atoms with Crippen molar-refractivity contribution in [2.45, 2.75) is 32.4 Å². The zero-order chi connectivity index (χ0) is 18.1. The molecule has 4 nitrogen and oxygen atoms in total. The molecule has 2 aromatic rings. The molecule has 5 heteroatoms. The summed E-state index contributed by atoms with van der Waals surface area (Å²) in [5.41, 5.74) is 2.03. The van der Waals surface area contributed by atoms with Crippen LogP contribution in [0.25, 0.3) is 0 Å². The molecule has 2 aliphatic rings. The molecule has 0 radical (unpaired) electrons. The van der Waals surface area contributed by atoms with Gasteiger partial charge in [-0.05, 0) is 63.2 Å². The number of piperazine rings is 1. The number of hydrogen-bond donors (Lipinski definition) is 0. The Morgan fingerprint density at radius 3 is 2.35 bits per heavy atom. The molecule has 4 rings (SSSR count). The van der Waals surface area contributed by atoms with E-state index in [1.165, 1.54) is 15.4 Å². The van der Waals surface area contributed by atoms with Gasteiger partial charge in [-0.2, -0.15) is 0 Å². The van der Waals surface area contributed by atoms with E-state index in [0.29, 0.717) is 6.04 Å². The standard InChI is InChI=1S/C21H27N3OS/c1-16-3-10-20(26-16)15-24(19-8-9-19)21(25)17-4-6-18(7-5-17)23-13-11-22(2)12-14-23/h3-7,10,19H,8-9,11-15H2,1-2H3. The molecule has 1 aromatic carbocycles. The number of nitrogens with zero attached hydrogens (tertiary/aromatic N) is 3. The topological polar surface area (TPSA) is 26.8 Å². The molecule has 2 heterocycles. The quantitative estimate of drug-likeness (QED) is 0.805. The lowest BCUT2D eigenvalue weighted by atomic mass is 10.1. The average Bonchev–Trinajstić information content (AvgIpc) is 3.42. The average molecular weight is 370 g/mol. The molecule has 0 unspecified atom stereocenters. The minimum Gasteiger partial charge on any atom is -0.369 e. The Balaban J connectivity index is 1.45. The van der Waals surface area contributed by atoms with Gasteiger partial charge in [0.05, 0.1) is 6.54 Å². The molecule has 0 N–H and O–H groups in total. The van der Waals surface area contributed by atoms with Crippen LogP contribution in [0.2, 0.25) is 0 Å². The van der Waals surface area contributed by atoms with E-state index in [1.807, 2.05) is 12.1 Å². The second kappa shape index (κ2) is 7.41. The molecule has 0 bridgehead atoms. The van der Waals surface area contributed by atoms with Crippen LogP contribution in [0.15, 0.2) is 36.4 Å². The summed E-state index contributed by atoms with van der Waals surface area (Å²) in [7, 11) is 2.17. The third-order valence-electron chi connectivity index (χ3n) is 5.35. The lowest BCUT2D eigenvalue weighted by Gasteiger charge is -2.34. The molecule has 2 fully saturated rings. The first-order valence-electron chi connectivity index (χ1n) is 9.50. The molecule has 1 saturated carbocycles. The van der Waals surface area contributed by atoms with Crippen LogP contribution in [0.3, 0.4) is 0 Å². The van der Waals surface area contributed by atoms with Crippen LogP contribution in [0.4, 0.5) is 5.69 Å². The fourth-order valence-corrected chi connectivity index (χ4v) is 4.43. The van der Waals surface area contributed by atoms with Gasteiger partial charge in [0.15, 0.2) is 0 Å². The summed E-state index contributed by atoms with van der Waals surface area (Å²) in [6, 6.07) is 12.9. The number of anilines is 1. The van der Waals surface area contributed by atoms with Crippen LogP contribution in [0, 0.1) is 6.92 Å². The van der Waals surface area contributed by atoms with Crippen LogP contribution >= 0.6 is 11.3 Å². The number of amides is 1. The lowest BCUT2D eigenvalue weighted by Crippen LogP contribution is -2.44. The Kier molecular flexibility index (Phi) is 5.00. The highest BCUT2D eigenvalue weighted by molar-refractivity contribution is 7.11. The Labute approximate surface area is 160 Å². The van der Waals surface area contributed by atoms with E-state index in [2.05, 4.69) is 52.9 Å². The smallest absolute Gasteiger partial charge is 0.254 e. The van der Waals surface area contributed by atoms with E-state index in [-0.39, 0.29) is 5.91 Å². The van der Waals surface area contributed by atoms with Crippen LogP contribution in [0.5, 0.6) is 0 Å². The molecule has 1 aliphatic carbocycles. The van der Waals surface area contributed by atoms with Crippen molar-refractivity contribution < 1.29 is 4.79 Å². The Morgan fingerprint density at radius 2 is 1.77 bits per heavy atom. The summed E-state index contributed by atoms with van der Waals surface area (Å²) in [6.07, 6.45) is 2.27. The van der Waals surface area contributed by atoms with E-state index in [9.17, 15) is 4.79 Å². The fraction of sp³-hybridized carbons (Fsp3) is 0.476. The number of thiophene rings is 1. The zero-order valence-corrected chi connectivity index (χ0v) is 16.5. The van der Waals surface area contributed by atoms with E-state index in [0.717, 1.165) is 51.1 Å². The van der Waals surface area contributed by atoms with Crippen LogP contribution < -0.4 is 4.90 Å². The summed E-state index contributed by atoms with van der Waals surface area (Å²) < 4.78 is 0.